The van der Waals surface area contributed by atoms with E-state index in [2.05, 4.69) is 10.2 Å². The Labute approximate surface area is 158 Å². The minimum atomic E-state index is -3.16. The summed E-state index contributed by atoms with van der Waals surface area (Å²) in [5.41, 5.74) is 0. The summed E-state index contributed by atoms with van der Waals surface area (Å²) in [6.45, 7) is 12.3. The summed E-state index contributed by atoms with van der Waals surface area (Å²) in [5, 5.41) is 2.42. The van der Waals surface area contributed by atoms with Crippen LogP contribution in [0.25, 0.3) is 0 Å². The van der Waals surface area contributed by atoms with Crippen LogP contribution in [0.5, 0.6) is 0 Å². The molecule has 1 rings (SSSR count). The number of ether oxygens (including phenoxy) is 2. The molecule has 0 spiro atoms. The molecule has 9 heteroatoms. The van der Waals surface area contributed by atoms with Crippen molar-refractivity contribution in [3.63, 3.8) is 0 Å². The van der Waals surface area contributed by atoms with Crippen molar-refractivity contribution in [1.82, 2.24) is 14.5 Å². The third-order valence-electron chi connectivity index (χ3n) is 4.44. The van der Waals surface area contributed by atoms with E-state index in [1.807, 2.05) is 20.8 Å². The van der Waals surface area contributed by atoms with Gasteiger partial charge in [0.05, 0.1) is 24.6 Å². The van der Waals surface area contributed by atoms with Crippen LogP contribution in [0.3, 0.4) is 0 Å². The molecule has 1 N–H and O–H groups in total. The monoisotopic (exact) mass is 393 g/mol. The lowest BCUT2D eigenvalue weighted by Crippen LogP contribution is -2.51. The zero-order chi connectivity index (χ0) is 19.6. The molecular formula is C17H35N3O5S. The average Bonchev–Trinajstić information content (AvgIpc) is 2.62. The number of carbonyl (C=O) groups is 1. The van der Waals surface area contributed by atoms with Crippen molar-refractivity contribution in [2.24, 2.45) is 0 Å². The van der Waals surface area contributed by atoms with Crippen LogP contribution in [-0.2, 0) is 24.3 Å². The van der Waals surface area contributed by atoms with Gasteiger partial charge in [-0.3, -0.25) is 9.69 Å². The highest BCUT2D eigenvalue weighted by Gasteiger charge is 2.30. The Kier molecular flexibility index (Phi) is 10.6. The number of nitrogens with one attached hydrogen (secondary N) is 1. The van der Waals surface area contributed by atoms with Gasteiger partial charge in [0.15, 0.2) is 0 Å². The van der Waals surface area contributed by atoms with Crippen LogP contribution < -0.4 is 5.32 Å². The van der Waals surface area contributed by atoms with Crippen LogP contribution in [0.1, 0.15) is 34.1 Å². The summed E-state index contributed by atoms with van der Waals surface area (Å²) < 4.78 is 37.0. The van der Waals surface area contributed by atoms with E-state index >= 15 is 0 Å². The number of rotatable bonds is 12. The highest BCUT2D eigenvalue weighted by atomic mass is 32.2. The van der Waals surface area contributed by atoms with Crippen LogP contribution in [0.15, 0.2) is 0 Å². The van der Waals surface area contributed by atoms with Crippen molar-refractivity contribution in [3.05, 3.63) is 0 Å². The predicted octanol–water partition coefficient (Wildman–Crippen LogP) is 0.290. The topological polar surface area (TPSA) is 88.2 Å². The van der Waals surface area contributed by atoms with Gasteiger partial charge in [-0.15, -0.1) is 0 Å². The Morgan fingerprint density at radius 1 is 1.12 bits per heavy atom. The van der Waals surface area contributed by atoms with Crippen molar-refractivity contribution in [2.75, 3.05) is 59.1 Å². The lowest BCUT2D eigenvalue weighted by atomic mass is 10.3. The SMILES string of the molecule is CCC(C)S(=O)(=O)N1CCN(CCOCCNC(=O)COC(C)C)CC1. The molecule has 0 aromatic carbocycles. The lowest BCUT2D eigenvalue weighted by Gasteiger charge is -2.35. The zero-order valence-corrected chi connectivity index (χ0v) is 17.4. The van der Waals surface area contributed by atoms with E-state index < -0.39 is 10.0 Å². The number of sulfonamides is 1. The molecule has 1 aliphatic rings. The average molecular weight is 394 g/mol. The van der Waals surface area contributed by atoms with Gasteiger partial charge in [0.1, 0.15) is 6.61 Å². The maximum absolute atomic E-state index is 12.3. The number of hydrogen-bond acceptors (Lipinski definition) is 6. The van der Waals surface area contributed by atoms with Crippen molar-refractivity contribution in [3.8, 4) is 0 Å². The molecule has 0 aromatic rings. The van der Waals surface area contributed by atoms with Gasteiger partial charge >= 0.3 is 0 Å². The van der Waals surface area contributed by atoms with E-state index in [1.54, 1.807) is 11.2 Å². The van der Waals surface area contributed by atoms with Crippen LogP contribution in [0.2, 0.25) is 0 Å². The summed E-state index contributed by atoms with van der Waals surface area (Å²) in [7, 11) is -3.16. The first kappa shape index (κ1) is 23.3. The maximum atomic E-state index is 12.3. The fourth-order valence-electron chi connectivity index (χ4n) is 2.52. The van der Waals surface area contributed by atoms with Gasteiger partial charge in [-0.25, -0.2) is 8.42 Å². The summed E-state index contributed by atoms with van der Waals surface area (Å²) in [6, 6.07) is 0. The molecule has 1 aliphatic heterocycles. The molecule has 154 valence electrons. The van der Waals surface area contributed by atoms with Crippen molar-refractivity contribution in [2.45, 2.75) is 45.5 Å². The minimum Gasteiger partial charge on any atom is -0.378 e. The smallest absolute Gasteiger partial charge is 0.246 e. The first-order valence-electron chi connectivity index (χ1n) is 9.44. The van der Waals surface area contributed by atoms with E-state index in [0.29, 0.717) is 39.3 Å². The second-order valence-corrected chi connectivity index (χ2v) is 9.18. The van der Waals surface area contributed by atoms with Gasteiger partial charge in [-0.05, 0) is 27.2 Å². The maximum Gasteiger partial charge on any atom is 0.246 e. The molecule has 1 atom stereocenters. The zero-order valence-electron chi connectivity index (χ0n) is 16.6. The Bertz CT molecular complexity index is 505. The molecule has 0 bridgehead atoms. The number of piperazine rings is 1. The van der Waals surface area contributed by atoms with E-state index in [4.69, 9.17) is 9.47 Å². The largest absolute Gasteiger partial charge is 0.378 e. The first-order chi connectivity index (χ1) is 12.3. The predicted molar refractivity (Wildman–Crippen MR) is 102 cm³/mol. The van der Waals surface area contributed by atoms with Gasteiger partial charge in [-0.2, -0.15) is 4.31 Å². The van der Waals surface area contributed by atoms with Crippen LogP contribution >= 0.6 is 0 Å². The Balaban J connectivity index is 2.09. The van der Waals surface area contributed by atoms with Crippen molar-refractivity contribution in [1.29, 1.82) is 0 Å². The number of hydrogen-bond donors (Lipinski definition) is 1. The fourth-order valence-corrected chi connectivity index (χ4v) is 4.13. The van der Waals surface area contributed by atoms with Crippen molar-refractivity contribution >= 4 is 15.9 Å². The molecule has 1 amide bonds. The van der Waals surface area contributed by atoms with Crippen LogP contribution in [0.4, 0.5) is 0 Å². The second-order valence-electron chi connectivity index (χ2n) is 6.83. The third kappa shape index (κ3) is 8.30. The summed E-state index contributed by atoms with van der Waals surface area (Å²) in [4.78, 5) is 13.7. The molecule has 1 saturated heterocycles. The molecule has 0 saturated carbocycles. The Morgan fingerprint density at radius 2 is 1.77 bits per heavy atom. The molecule has 1 fully saturated rings. The third-order valence-corrected chi connectivity index (χ3v) is 6.88. The summed E-state index contributed by atoms with van der Waals surface area (Å²) in [6.07, 6.45) is 0.675. The van der Waals surface area contributed by atoms with Gasteiger partial charge in [0, 0.05) is 39.3 Å². The fraction of sp³-hybridized carbons (Fsp3) is 0.941. The summed E-state index contributed by atoms with van der Waals surface area (Å²) in [5.74, 6) is -0.138. The van der Waals surface area contributed by atoms with E-state index in [0.717, 1.165) is 19.6 Å². The minimum absolute atomic E-state index is 0.0395. The quantitative estimate of drug-likeness (QED) is 0.480. The van der Waals surface area contributed by atoms with Gasteiger partial charge in [0.2, 0.25) is 15.9 Å². The standard InChI is InChI=1S/C17H35N3O5S/c1-5-16(4)26(22,23)20-9-7-19(8-10-20)11-13-24-12-6-18-17(21)14-25-15(2)3/h15-16H,5-14H2,1-4H3,(H,18,21). The molecular weight excluding hydrogens is 358 g/mol. The number of carbonyl (C=O) groups excluding carboxylic acids is 1. The molecule has 0 radical (unpaired) electrons. The van der Waals surface area contributed by atoms with E-state index in [-0.39, 0.29) is 23.9 Å². The van der Waals surface area contributed by atoms with Gasteiger partial charge < -0.3 is 14.8 Å². The Morgan fingerprint density at radius 3 is 2.35 bits per heavy atom. The lowest BCUT2D eigenvalue weighted by molar-refractivity contribution is -0.127. The molecule has 0 aromatic heterocycles. The molecule has 8 nitrogen and oxygen atoms in total. The Hall–Kier alpha value is -0.740. The van der Waals surface area contributed by atoms with Gasteiger partial charge in [-0.1, -0.05) is 6.92 Å². The van der Waals surface area contributed by atoms with Gasteiger partial charge in [0.25, 0.3) is 0 Å². The number of nitrogens with zero attached hydrogens (tertiary/aromatic N) is 2. The summed E-state index contributed by atoms with van der Waals surface area (Å²) >= 11 is 0. The van der Waals surface area contributed by atoms with E-state index in [1.165, 1.54) is 0 Å². The molecule has 1 heterocycles. The normalized spacial score (nSPS) is 18.2. The highest BCUT2D eigenvalue weighted by Crippen LogP contribution is 2.14. The molecule has 0 aliphatic carbocycles. The first-order valence-corrected chi connectivity index (χ1v) is 10.9. The van der Waals surface area contributed by atoms with E-state index in [9.17, 15) is 13.2 Å². The molecule has 1 unspecified atom stereocenters. The van der Waals surface area contributed by atoms with Crippen LogP contribution in [-0.4, -0.2) is 94.0 Å². The number of amides is 1. The second kappa shape index (κ2) is 11.9. The van der Waals surface area contributed by atoms with Crippen molar-refractivity contribution < 1.29 is 22.7 Å². The molecule has 26 heavy (non-hydrogen) atoms. The highest BCUT2D eigenvalue weighted by molar-refractivity contribution is 7.89. The van der Waals surface area contributed by atoms with Crippen LogP contribution in [0, 0.1) is 0 Å².